The average Bonchev–Trinajstić information content (AvgIpc) is 2.83. The third-order valence-electron chi connectivity index (χ3n) is 3.46. The zero-order chi connectivity index (χ0) is 13.8. The van der Waals surface area contributed by atoms with E-state index in [9.17, 15) is 14.5 Å². The maximum absolute atomic E-state index is 13.2. The van der Waals surface area contributed by atoms with E-state index in [1.54, 1.807) is 0 Å². The normalized spacial score (nSPS) is 22.4. The molecule has 0 bridgehead atoms. The lowest BCUT2D eigenvalue weighted by Crippen LogP contribution is -2.23. The SMILES string of the molecule is CCC1OCCC1CNc1cc(F)ccc1[N+](=O)[O-]. The highest BCUT2D eigenvalue weighted by Gasteiger charge is 2.27. The second kappa shape index (κ2) is 5.97. The molecule has 1 saturated heterocycles. The van der Waals surface area contributed by atoms with Crippen LogP contribution in [0.3, 0.4) is 0 Å². The van der Waals surface area contributed by atoms with Crippen LogP contribution in [-0.2, 0) is 4.74 Å². The summed E-state index contributed by atoms with van der Waals surface area (Å²) >= 11 is 0. The quantitative estimate of drug-likeness (QED) is 0.658. The highest BCUT2D eigenvalue weighted by Crippen LogP contribution is 2.28. The molecule has 104 valence electrons. The lowest BCUT2D eigenvalue weighted by atomic mass is 9.99. The largest absolute Gasteiger partial charge is 0.379 e. The second-order valence-corrected chi connectivity index (χ2v) is 4.67. The number of hydrogen-bond donors (Lipinski definition) is 1. The molecule has 2 rings (SSSR count). The van der Waals surface area contributed by atoms with Crippen molar-refractivity contribution in [1.82, 2.24) is 0 Å². The number of anilines is 1. The Morgan fingerprint density at radius 3 is 3.05 bits per heavy atom. The number of benzene rings is 1. The molecule has 0 spiro atoms. The summed E-state index contributed by atoms with van der Waals surface area (Å²) in [6.45, 7) is 3.33. The Labute approximate surface area is 110 Å². The van der Waals surface area contributed by atoms with Gasteiger partial charge in [-0.3, -0.25) is 10.1 Å². The standard InChI is InChI=1S/C13H17FN2O3/c1-2-13-9(5-6-19-13)8-15-11-7-10(14)3-4-12(11)16(17)18/h3-4,7,9,13,15H,2,5-6,8H2,1H3. The maximum atomic E-state index is 13.2. The Kier molecular flexibility index (Phi) is 4.31. The van der Waals surface area contributed by atoms with Crippen LogP contribution < -0.4 is 5.32 Å². The summed E-state index contributed by atoms with van der Waals surface area (Å²) in [4.78, 5) is 10.4. The van der Waals surface area contributed by atoms with Gasteiger partial charge < -0.3 is 10.1 Å². The van der Waals surface area contributed by atoms with Crippen LogP contribution in [-0.4, -0.2) is 24.2 Å². The van der Waals surface area contributed by atoms with E-state index in [4.69, 9.17) is 4.74 Å². The van der Waals surface area contributed by atoms with Crippen LogP contribution in [0.15, 0.2) is 18.2 Å². The molecule has 1 N–H and O–H groups in total. The predicted octanol–water partition coefficient (Wildman–Crippen LogP) is 2.96. The molecule has 1 fully saturated rings. The van der Waals surface area contributed by atoms with Crippen molar-refractivity contribution in [2.45, 2.75) is 25.9 Å². The molecule has 0 amide bonds. The summed E-state index contributed by atoms with van der Waals surface area (Å²) in [5.74, 6) is -0.171. The zero-order valence-electron chi connectivity index (χ0n) is 10.8. The third kappa shape index (κ3) is 3.20. The molecule has 2 unspecified atom stereocenters. The maximum Gasteiger partial charge on any atom is 0.292 e. The summed E-state index contributed by atoms with van der Waals surface area (Å²) in [6, 6.07) is 3.44. The van der Waals surface area contributed by atoms with Gasteiger partial charge in [0.2, 0.25) is 0 Å². The number of hydrogen-bond acceptors (Lipinski definition) is 4. The van der Waals surface area contributed by atoms with Crippen LogP contribution in [0.5, 0.6) is 0 Å². The van der Waals surface area contributed by atoms with Crippen LogP contribution in [0.1, 0.15) is 19.8 Å². The number of nitro groups is 1. The molecule has 1 aromatic carbocycles. The highest BCUT2D eigenvalue weighted by molar-refractivity contribution is 5.61. The van der Waals surface area contributed by atoms with Crippen molar-refractivity contribution >= 4 is 11.4 Å². The lowest BCUT2D eigenvalue weighted by molar-refractivity contribution is -0.384. The van der Waals surface area contributed by atoms with Crippen LogP contribution >= 0.6 is 0 Å². The van der Waals surface area contributed by atoms with Gasteiger partial charge in [-0.25, -0.2) is 4.39 Å². The summed E-state index contributed by atoms with van der Waals surface area (Å²) in [7, 11) is 0. The first kappa shape index (κ1) is 13.7. The van der Waals surface area contributed by atoms with E-state index >= 15 is 0 Å². The summed E-state index contributed by atoms with van der Waals surface area (Å²) in [5, 5.41) is 13.8. The molecule has 0 radical (unpaired) electrons. The van der Waals surface area contributed by atoms with Gasteiger partial charge >= 0.3 is 0 Å². The molecule has 19 heavy (non-hydrogen) atoms. The van der Waals surface area contributed by atoms with Crippen molar-refractivity contribution in [1.29, 1.82) is 0 Å². The van der Waals surface area contributed by atoms with Crippen LogP contribution in [0.4, 0.5) is 15.8 Å². The van der Waals surface area contributed by atoms with E-state index in [0.717, 1.165) is 31.6 Å². The first-order valence-electron chi connectivity index (χ1n) is 6.41. The summed E-state index contributed by atoms with van der Waals surface area (Å²) in [6.07, 6.45) is 2.02. The van der Waals surface area contributed by atoms with Gasteiger partial charge in [-0.05, 0) is 18.9 Å². The Bertz CT molecular complexity index is 467. The molecule has 6 heteroatoms. The van der Waals surface area contributed by atoms with Gasteiger partial charge in [-0.1, -0.05) is 6.92 Å². The van der Waals surface area contributed by atoms with E-state index in [2.05, 4.69) is 5.32 Å². The molecule has 2 atom stereocenters. The number of ether oxygens (including phenoxy) is 1. The van der Waals surface area contributed by atoms with Gasteiger partial charge in [0.25, 0.3) is 5.69 Å². The minimum absolute atomic E-state index is 0.103. The molecular formula is C13H17FN2O3. The number of halogens is 1. The van der Waals surface area contributed by atoms with Gasteiger partial charge in [0.1, 0.15) is 11.5 Å². The van der Waals surface area contributed by atoms with E-state index in [-0.39, 0.29) is 17.5 Å². The Morgan fingerprint density at radius 1 is 1.58 bits per heavy atom. The third-order valence-corrected chi connectivity index (χ3v) is 3.46. The fourth-order valence-electron chi connectivity index (χ4n) is 2.43. The van der Waals surface area contributed by atoms with Crippen LogP contribution in [0.25, 0.3) is 0 Å². The predicted molar refractivity (Wildman–Crippen MR) is 69.7 cm³/mol. The van der Waals surface area contributed by atoms with Crippen molar-refractivity contribution < 1.29 is 14.1 Å². The molecule has 1 aliphatic heterocycles. The molecule has 0 saturated carbocycles. The minimum atomic E-state index is -0.510. The summed E-state index contributed by atoms with van der Waals surface area (Å²) in [5.41, 5.74) is 0.125. The van der Waals surface area contributed by atoms with Gasteiger partial charge in [0.05, 0.1) is 11.0 Å². The van der Waals surface area contributed by atoms with E-state index in [0.29, 0.717) is 12.5 Å². The fourth-order valence-corrected chi connectivity index (χ4v) is 2.43. The van der Waals surface area contributed by atoms with E-state index in [1.165, 1.54) is 6.07 Å². The lowest BCUT2D eigenvalue weighted by Gasteiger charge is -2.17. The fraction of sp³-hybridized carbons (Fsp3) is 0.538. The smallest absolute Gasteiger partial charge is 0.292 e. The number of nitrogens with one attached hydrogen (secondary N) is 1. The second-order valence-electron chi connectivity index (χ2n) is 4.67. The highest BCUT2D eigenvalue weighted by atomic mass is 19.1. The van der Waals surface area contributed by atoms with Gasteiger partial charge in [-0.15, -0.1) is 0 Å². The number of nitrogens with zero attached hydrogens (tertiary/aromatic N) is 1. The van der Waals surface area contributed by atoms with Gasteiger partial charge in [0, 0.05) is 31.2 Å². The average molecular weight is 268 g/mol. The first-order valence-corrected chi connectivity index (χ1v) is 6.41. The molecule has 1 aromatic rings. The van der Waals surface area contributed by atoms with Gasteiger partial charge in [0.15, 0.2) is 0 Å². The van der Waals surface area contributed by atoms with Crippen LogP contribution in [0.2, 0.25) is 0 Å². The molecule has 1 aliphatic rings. The van der Waals surface area contributed by atoms with Crippen molar-refractivity contribution in [2.75, 3.05) is 18.5 Å². The molecule has 1 heterocycles. The molecule has 0 aliphatic carbocycles. The molecule has 0 aromatic heterocycles. The topological polar surface area (TPSA) is 64.4 Å². The Hall–Kier alpha value is -1.69. The van der Waals surface area contributed by atoms with Crippen molar-refractivity contribution in [3.05, 3.63) is 34.1 Å². The molecular weight excluding hydrogens is 251 g/mol. The van der Waals surface area contributed by atoms with E-state index in [1.807, 2.05) is 6.92 Å². The number of rotatable bonds is 5. The van der Waals surface area contributed by atoms with E-state index < -0.39 is 10.7 Å². The van der Waals surface area contributed by atoms with Gasteiger partial charge in [-0.2, -0.15) is 0 Å². The minimum Gasteiger partial charge on any atom is -0.379 e. The van der Waals surface area contributed by atoms with Crippen molar-refractivity contribution in [3.8, 4) is 0 Å². The Morgan fingerprint density at radius 2 is 2.37 bits per heavy atom. The van der Waals surface area contributed by atoms with Crippen molar-refractivity contribution in [2.24, 2.45) is 5.92 Å². The zero-order valence-corrected chi connectivity index (χ0v) is 10.8. The Balaban J connectivity index is 2.06. The van der Waals surface area contributed by atoms with Crippen LogP contribution in [0, 0.1) is 21.8 Å². The summed E-state index contributed by atoms with van der Waals surface area (Å²) < 4.78 is 18.7. The van der Waals surface area contributed by atoms with Crippen molar-refractivity contribution in [3.63, 3.8) is 0 Å². The molecule has 5 nitrogen and oxygen atoms in total. The number of nitro benzene ring substituents is 1. The first-order chi connectivity index (χ1) is 9.11. The monoisotopic (exact) mass is 268 g/mol.